The summed E-state index contributed by atoms with van der Waals surface area (Å²) in [7, 11) is 0. The number of halogens is 1. The molecule has 5 heteroatoms. The first-order valence-electron chi connectivity index (χ1n) is 10.3. The quantitative estimate of drug-likeness (QED) is 0.172. The van der Waals surface area contributed by atoms with Crippen molar-refractivity contribution in [2.24, 2.45) is 0 Å². The van der Waals surface area contributed by atoms with E-state index in [0.29, 0.717) is 24.2 Å². The third kappa shape index (κ3) is 6.12. The summed E-state index contributed by atoms with van der Waals surface area (Å²) in [6.45, 7) is 4.60. The molecule has 0 bridgehead atoms. The van der Waals surface area contributed by atoms with Crippen LogP contribution in [0, 0.1) is 0 Å². The van der Waals surface area contributed by atoms with Crippen molar-refractivity contribution in [1.82, 2.24) is 0 Å². The standard InChI is InChI=1S/C26H28AsO3.BrH/c1-3-29-25(20-26(28)30-4-2)21-27(22-14-8-5-9-15-22,23-16-10-6-11-17-23)24-18-12-7-13-19-24;/h5-20H,3-4,21H2,1-2H3;1H/q+1;/p-1/b25-20+;. The van der Waals surface area contributed by atoms with Crippen LogP contribution in [0.1, 0.15) is 13.8 Å². The molecule has 3 nitrogen and oxygen atoms in total. The molecule has 0 fully saturated rings. The van der Waals surface area contributed by atoms with E-state index in [-0.39, 0.29) is 23.0 Å². The first-order valence-corrected chi connectivity index (χ1v) is 14.4. The second-order valence-electron chi connectivity index (χ2n) is 6.77. The van der Waals surface area contributed by atoms with Gasteiger partial charge in [-0.15, -0.1) is 0 Å². The Morgan fingerprint density at radius 2 is 1.10 bits per heavy atom. The summed E-state index contributed by atoms with van der Waals surface area (Å²) < 4.78 is 15.1. The molecule has 0 unspecified atom stereocenters. The van der Waals surface area contributed by atoms with Gasteiger partial charge < -0.3 is 17.0 Å². The van der Waals surface area contributed by atoms with Crippen LogP contribution in [0.5, 0.6) is 0 Å². The maximum absolute atomic E-state index is 12.3. The summed E-state index contributed by atoms with van der Waals surface area (Å²) >= 11 is -2.99. The zero-order chi connectivity index (χ0) is 21.2. The van der Waals surface area contributed by atoms with Crippen LogP contribution in [0.4, 0.5) is 0 Å². The molecular weight excluding hydrogens is 515 g/mol. The van der Waals surface area contributed by atoms with Crippen molar-refractivity contribution >= 4 is 32.6 Å². The largest absolute Gasteiger partial charge is 1.00 e. The van der Waals surface area contributed by atoms with Gasteiger partial charge >= 0.3 is 182 Å². The smallest absolute Gasteiger partial charge is 1.00 e. The number of ether oxygens (including phenoxy) is 2. The molecule has 3 rings (SSSR count). The van der Waals surface area contributed by atoms with Gasteiger partial charge in [-0.25, -0.2) is 0 Å². The maximum atomic E-state index is 12.3. The number of carbonyl (C=O) groups excluding carboxylic acids is 1. The van der Waals surface area contributed by atoms with Gasteiger partial charge in [-0.05, 0) is 0 Å². The minimum Gasteiger partial charge on any atom is -1.00 e. The van der Waals surface area contributed by atoms with Crippen molar-refractivity contribution in [2.75, 3.05) is 13.2 Å². The first-order chi connectivity index (χ1) is 14.7. The summed E-state index contributed by atoms with van der Waals surface area (Å²) in [6, 6.07) is 31.9. The van der Waals surface area contributed by atoms with Crippen LogP contribution >= 0.6 is 0 Å². The van der Waals surface area contributed by atoms with E-state index in [9.17, 15) is 4.79 Å². The molecule has 0 radical (unpaired) electrons. The van der Waals surface area contributed by atoms with Crippen molar-refractivity contribution in [3.05, 3.63) is 103 Å². The van der Waals surface area contributed by atoms with Gasteiger partial charge in [0, 0.05) is 0 Å². The predicted molar refractivity (Wildman–Crippen MR) is 125 cm³/mol. The number of benzene rings is 3. The molecular formula is C26H28AsBrO3. The minimum atomic E-state index is -2.99. The zero-order valence-electron chi connectivity index (χ0n) is 17.9. The average molecular weight is 543 g/mol. The van der Waals surface area contributed by atoms with Gasteiger partial charge in [0.15, 0.2) is 0 Å². The summed E-state index contributed by atoms with van der Waals surface area (Å²) in [5.41, 5.74) is 0. The normalized spacial score (nSPS) is 11.4. The fourth-order valence-electron chi connectivity index (χ4n) is 3.64. The third-order valence-electron chi connectivity index (χ3n) is 4.88. The molecule has 31 heavy (non-hydrogen) atoms. The Kier molecular flexibility index (Phi) is 10.1. The fraction of sp³-hybridized carbons (Fsp3) is 0.192. The number of hydrogen-bond donors (Lipinski definition) is 0. The molecule has 3 aromatic rings. The van der Waals surface area contributed by atoms with Crippen molar-refractivity contribution in [3.8, 4) is 0 Å². The summed E-state index contributed by atoms with van der Waals surface area (Å²) in [5, 5.41) is 0.670. The third-order valence-corrected chi connectivity index (χ3v) is 14.0. The van der Waals surface area contributed by atoms with E-state index < -0.39 is 13.6 Å². The van der Waals surface area contributed by atoms with Crippen LogP contribution in [0.3, 0.4) is 0 Å². The number of rotatable bonds is 9. The Balaban J connectivity index is 0.00000341. The summed E-state index contributed by atoms with van der Waals surface area (Å²) in [4.78, 5) is 12.3. The molecule has 0 saturated heterocycles. The summed E-state index contributed by atoms with van der Waals surface area (Å²) in [5.74, 6) is 0.323. The number of esters is 1. The van der Waals surface area contributed by atoms with Gasteiger partial charge in [0.1, 0.15) is 0 Å². The first kappa shape index (κ1) is 25.0. The number of hydrogen-bond acceptors (Lipinski definition) is 3. The SMILES string of the molecule is CCOC(=O)/C=C(\C[As+](c1ccccc1)(c1ccccc1)c1ccccc1)OCC.[Br-]. The van der Waals surface area contributed by atoms with E-state index in [1.807, 2.05) is 32.0 Å². The van der Waals surface area contributed by atoms with E-state index in [1.54, 1.807) is 0 Å². The van der Waals surface area contributed by atoms with Gasteiger partial charge in [0.05, 0.1) is 0 Å². The molecule has 0 spiro atoms. The molecule has 0 aliphatic rings. The fourth-order valence-corrected chi connectivity index (χ4v) is 12.3. The summed E-state index contributed by atoms with van der Waals surface area (Å²) in [6.07, 6.45) is 1.53. The van der Waals surface area contributed by atoms with Crippen LogP contribution in [0.2, 0.25) is 5.21 Å². The van der Waals surface area contributed by atoms with Crippen molar-refractivity contribution < 1.29 is 31.2 Å². The molecule has 0 aliphatic heterocycles. The van der Waals surface area contributed by atoms with Crippen LogP contribution in [0.25, 0.3) is 0 Å². The van der Waals surface area contributed by atoms with Gasteiger partial charge in [-0.2, -0.15) is 0 Å². The molecule has 0 N–H and O–H groups in total. The number of allylic oxidation sites excluding steroid dienone is 1. The van der Waals surface area contributed by atoms with E-state index in [1.165, 1.54) is 19.1 Å². The maximum Gasteiger partial charge on any atom is -1.00 e. The van der Waals surface area contributed by atoms with Gasteiger partial charge in [-0.1, -0.05) is 0 Å². The van der Waals surface area contributed by atoms with Crippen LogP contribution in [0.15, 0.2) is 103 Å². The molecule has 3 aromatic carbocycles. The minimum absolute atomic E-state index is 0. The second-order valence-corrected chi connectivity index (χ2v) is 14.1. The topological polar surface area (TPSA) is 35.5 Å². The van der Waals surface area contributed by atoms with Crippen molar-refractivity contribution in [1.29, 1.82) is 0 Å². The van der Waals surface area contributed by atoms with E-state index in [0.717, 1.165) is 0 Å². The van der Waals surface area contributed by atoms with Gasteiger partial charge in [0.25, 0.3) is 0 Å². The predicted octanol–water partition coefficient (Wildman–Crippen LogP) is 0.644. The van der Waals surface area contributed by atoms with Crippen molar-refractivity contribution in [2.45, 2.75) is 19.1 Å². The molecule has 0 aliphatic carbocycles. The monoisotopic (exact) mass is 542 g/mol. The molecule has 0 saturated carbocycles. The Bertz CT molecular complexity index is 863. The Morgan fingerprint density at radius 1 is 0.710 bits per heavy atom. The van der Waals surface area contributed by atoms with Crippen LogP contribution < -0.4 is 30.0 Å². The van der Waals surface area contributed by atoms with E-state index in [4.69, 9.17) is 9.47 Å². The zero-order valence-corrected chi connectivity index (χ0v) is 21.4. The Labute approximate surface area is 198 Å². The molecule has 0 amide bonds. The second kappa shape index (κ2) is 12.5. The van der Waals surface area contributed by atoms with E-state index >= 15 is 0 Å². The average Bonchev–Trinajstić information content (AvgIpc) is 2.79. The Hall–Kier alpha value is -2.29. The molecule has 0 aromatic heterocycles. The van der Waals surface area contributed by atoms with Crippen molar-refractivity contribution in [3.63, 3.8) is 0 Å². The Morgan fingerprint density at radius 3 is 1.45 bits per heavy atom. The molecule has 0 heterocycles. The molecule has 0 atom stereocenters. The van der Waals surface area contributed by atoms with Gasteiger partial charge in [0.2, 0.25) is 0 Å². The van der Waals surface area contributed by atoms with Crippen LogP contribution in [-0.4, -0.2) is 32.7 Å². The van der Waals surface area contributed by atoms with E-state index in [2.05, 4.69) is 72.8 Å². The van der Waals surface area contributed by atoms with Crippen LogP contribution in [-0.2, 0) is 14.3 Å². The molecule has 162 valence electrons. The number of carbonyl (C=O) groups is 1. The van der Waals surface area contributed by atoms with Gasteiger partial charge in [-0.3, -0.25) is 0 Å².